The summed E-state index contributed by atoms with van der Waals surface area (Å²) in [5.74, 6) is 1.08. The van der Waals surface area contributed by atoms with E-state index in [4.69, 9.17) is 33.4 Å². The first kappa shape index (κ1) is 26.2. The van der Waals surface area contributed by atoms with Crippen molar-refractivity contribution in [3.63, 3.8) is 0 Å². The minimum Gasteiger partial charge on any atom is -0.490 e. The predicted molar refractivity (Wildman–Crippen MR) is 135 cm³/mol. The van der Waals surface area contributed by atoms with Gasteiger partial charge in [-0.05, 0) is 44.2 Å². The molecule has 0 aliphatic rings. The van der Waals surface area contributed by atoms with Crippen molar-refractivity contribution in [3.05, 3.63) is 53.4 Å². The van der Waals surface area contributed by atoms with Gasteiger partial charge in [0.05, 0.1) is 18.9 Å². The number of carbonyl (C=O) groups is 1. The molecule has 0 amide bonds. The van der Waals surface area contributed by atoms with E-state index in [0.717, 1.165) is 10.6 Å². The maximum atomic E-state index is 12.7. The lowest BCUT2D eigenvalue weighted by Gasteiger charge is -2.15. The van der Waals surface area contributed by atoms with Gasteiger partial charge in [-0.1, -0.05) is 12.7 Å². The molecule has 0 atom stereocenters. The molecule has 0 saturated carbocycles. The summed E-state index contributed by atoms with van der Waals surface area (Å²) >= 11 is 1.48. The summed E-state index contributed by atoms with van der Waals surface area (Å²) < 4.78 is 32.1. The highest BCUT2D eigenvalue weighted by atomic mass is 32.1. The first-order valence-electron chi connectivity index (χ1n) is 11.0. The quantitative estimate of drug-likeness (QED) is 0.220. The average molecular weight is 500 g/mol. The van der Waals surface area contributed by atoms with Gasteiger partial charge in [-0.15, -0.1) is 11.3 Å². The van der Waals surface area contributed by atoms with Gasteiger partial charge >= 0.3 is 5.97 Å². The van der Waals surface area contributed by atoms with Gasteiger partial charge in [0.15, 0.2) is 25.1 Å². The van der Waals surface area contributed by atoms with E-state index in [9.17, 15) is 4.79 Å². The molecule has 0 aliphatic heterocycles. The van der Waals surface area contributed by atoms with Gasteiger partial charge in [-0.2, -0.15) is 0 Å². The van der Waals surface area contributed by atoms with Crippen LogP contribution in [0.15, 0.2) is 42.3 Å². The summed E-state index contributed by atoms with van der Waals surface area (Å²) in [5, 5.41) is 2.72. The number of rotatable bonds is 13. The summed E-state index contributed by atoms with van der Waals surface area (Å²) in [6.07, 6.45) is 1.61. The fourth-order valence-electron chi connectivity index (χ4n) is 3.29. The highest BCUT2D eigenvalue weighted by molar-refractivity contribution is 7.13. The minimum absolute atomic E-state index is 0.0362. The molecule has 0 bridgehead atoms. The number of aromatic nitrogens is 1. The average Bonchev–Trinajstić information content (AvgIpc) is 3.37. The molecule has 9 heteroatoms. The van der Waals surface area contributed by atoms with E-state index >= 15 is 0 Å². The Morgan fingerprint density at radius 1 is 0.971 bits per heavy atom. The Hall–Kier alpha value is -3.40. The molecular weight excluding hydrogens is 470 g/mol. The van der Waals surface area contributed by atoms with Crippen LogP contribution in [0, 0.1) is 0 Å². The standard InChI is InChI=1S/C26H29NO7S/c1-6-17-11-19(12-20(24(17)33-15-29-4)26(28)34-16-30-5)21-14-35-25(27-21)18-9-10-22(31-7-2)23(13-18)32-8-3/h6,9-14H,1,7-8,15-16H2,2-5H3. The number of hydrogen-bond acceptors (Lipinski definition) is 9. The predicted octanol–water partition coefficient (Wildman–Crippen LogP) is 5.66. The van der Waals surface area contributed by atoms with Gasteiger partial charge in [0.2, 0.25) is 0 Å². The lowest BCUT2D eigenvalue weighted by atomic mass is 10.0. The number of hydrogen-bond donors (Lipinski definition) is 0. The molecule has 3 aromatic rings. The SMILES string of the molecule is C=Cc1cc(-c2csc(-c3ccc(OCC)c(OCC)c3)n2)cc(C(=O)OCOC)c1OCOC. The maximum absolute atomic E-state index is 12.7. The third kappa shape index (κ3) is 6.39. The number of thiazole rings is 1. The normalized spacial score (nSPS) is 10.6. The van der Waals surface area contributed by atoms with Gasteiger partial charge in [0.1, 0.15) is 16.3 Å². The van der Waals surface area contributed by atoms with Crippen molar-refractivity contribution in [2.75, 3.05) is 41.0 Å². The summed E-state index contributed by atoms with van der Waals surface area (Å²) in [6, 6.07) is 9.28. The molecule has 1 aromatic heterocycles. The molecule has 35 heavy (non-hydrogen) atoms. The van der Waals surface area contributed by atoms with Gasteiger partial charge in [-0.25, -0.2) is 9.78 Å². The largest absolute Gasteiger partial charge is 0.490 e. The van der Waals surface area contributed by atoms with E-state index in [-0.39, 0.29) is 19.1 Å². The van der Waals surface area contributed by atoms with Crippen LogP contribution >= 0.6 is 11.3 Å². The van der Waals surface area contributed by atoms with Crippen LogP contribution in [0.4, 0.5) is 0 Å². The van der Waals surface area contributed by atoms with Crippen molar-refractivity contribution < 1.29 is 33.2 Å². The number of ether oxygens (including phenoxy) is 6. The van der Waals surface area contributed by atoms with Crippen molar-refractivity contribution in [2.45, 2.75) is 13.8 Å². The van der Waals surface area contributed by atoms with Crippen LogP contribution < -0.4 is 14.2 Å². The van der Waals surface area contributed by atoms with E-state index in [1.165, 1.54) is 25.6 Å². The second-order valence-electron chi connectivity index (χ2n) is 7.10. The molecule has 186 valence electrons. The van der Waals surface area contributed by atoms with Crippen molar-refractivity contribution in [3.8, 4) is 39.1 Å². The third-order valence-corrected chi connectivity index (χ3v) is 5.67. The molecule has 0 spiro atoms. The number of carbonyl (C=O) groups excluding carboxylic acids is 1. The van der Waals surface area contributed by atoms with Crippen LogP contribution in [0.25, 0.3) is 27.9 Å². The van der Waals surface area contributed by atoms with E-state index in [1.807, 2.05) is 43.5 Å². The minimum atomic E-state index is -0.591. The molecule has 0 unspecified atom stereocenters. The molecular formula is C26H29NO7S. The molecule has 3 rings (SSSR count). The van der Waals surface area contributed by atoms with E-state index in [0.29, 0.717) is 47.3 Å². The topological polar surface area (TPSA) is 85.3 Å². The molecule has 0 saturated heterocycles. The van der Waals surface area contributed by atoms with Gasteiger partial charge < -0.3 is 28.4 Å². The molecule has 8 nitrogen and oxygen atoms in total. The Kier molecular flexibility index (Phi) is 9.66. The second-order valence-corrected chi connectivity index (χ2v) is 7.96. The van der Waals surface area contributed by atoms with Crippen LogP contribution in [0.2, 0.25) is 0 Å². The van der Waals surface area contributed by atoms with Gasteiger partial charge in [0.25, 0.3) is 0 Å². The summed E-state index contributed by atoms with van der Waals surface area (Å²) in [4.78, 5) is 17.6. The Morgan fingerprint density at radius 3 is 2.40 bits per heavy atom. The Labute approximate surface area is 209 Å². The lowest BCUT2D eigenvalue weighted by Crippen LogP contribution is -2.12. The first-order chi connectivity index (χ1) is 17.1. The molecule has 0 fully saturated rings. The number of benzene rings is 2. The lowest BCUT2D eigenvalue weighted by molar-refractivity contribution is -0.0132. The van der Waals surface area contributed by atoms with Crippen LogP contribution in [-0.4, -0.2) is 52.0 Å². The zero-order valence-electron chi connectivity index (χ0n) is 20.3. The highest BCUT2D eigenvalue weighted by Crippen LogP contribution is 2.37. The molecule has 2 aromatic carbocycles. The van der Waals surface area contributed by atoms with Crippen molar-refractivity contribution in [1.29, 1.82) is 0 Å². The number of methoxy groups -OCH3 is 2. The molecule has 0 N–H and O–H groups in total. The number of nitrogens with zero attached hydrogens (tertiary/aromatic N) is 1. The monoisotopic (exact) mass is 499 g/mol. The van der Waals surface area contributed by atoms with E-state index < -0.39 is 5.97 Å². The zero-order chi connectivity index (χ0) is 25.2. The van der Waals surface area contributed by atoms with Crippen LogP contribution in [0.1, 0.15) is 29.8 Å². The first-order valence-corrected chi connectivity index (χ1v) is 11.9. The summed E-state index contributed by atoms with van der Waals surface area (Å²) in [7, 11) is 2.94. The fraction of sp³-hybridized carbons (Fsp3) is 0.308. The van der Waals surface area contributed by atoms with Crippen LogP contribution in [0.5, 0.6) is 17.2 Å². The van der Waals surface area contributed by atoms with Gasteiger partial charge in [-0.3, -0.25) is 0 Å². The zero-order valence-corrected chi connectivity index (χ0v) is 21.1. The summed E-state index contributed by atoms with van der Waals surface area (Å²) in [6.45, 7) is 8.57. The van der Waals surface area contributed by atoms with E-state index in [1.54, 1.807) is 12.1 Å². The Balaban J connectivity index is 2.02. The van der Waals surface area contributed by atoms with Crippen molar-refractivity contribution in [2.24, 2.45) is 0 Å². The van der Waals surface area contributed by atoms with Crippen molar-refractivity contribution >= 4 is 23.4 Å². The fourth-order valence-corrected chi connectivity index (χ4v) is 4.12. The Morgan fingerprint density at radius 2 is 1.71 bits per heavy atom. The summed E-state index contributed by atoms with van der Waals surface area (Å²) in [5.41, 5.74) is 3.14. The van der Waals surface area contributed by atoms with Crippen molar-refractivity contribution in [1.82, 2.24) is 4.98 Å². The molecule has 0 aliphatic carbocycles. The third-order valence-electron chi connectivity index (χ3n) is 4.78. The van der Waals surface area contributed by atoms with Gasteiger partial charge in [0, 0.05) is 36.3 Å². The van der Waals surface area contributed by atoms with Crippen LogP contribution in [0.3, 0.4) is 0 Å². The number of esters is 1. The smallest absolute Gasteiger partial charge is 0.344 e. The van der Waals surface area contributed by atoms with E-state index in [2.05, 4.69) is 6.58 Å². The maximum Gasteiger partial charge on any atom is 0.344 e. The second kappa shape index (κ2) is 12.9. The molecule has 0 radical (unpaired) electrons. The molecule has 1 heterocycles. The highest BCUT2D eigenvalue weighted by Gasteiger charge is 2.21. The van der Waals surface area contributed by atoms with Crippen LogP contribution in [-0.2, 0) is 14.2 Å². The Bertz CT molecular complexity index is 1160.